The number of Topliss-reactive ketones (excluding diaryl/α,β-unsaturated/α-hetero) is 1. The fourth-order valence-corrected chi connectivity index (χ4v) is 0.400. The first-order valence-electron chi connectivity index (χ1n) is 3.17. The fourth-order valence-electron chi connectivity index (χ4n) is 0.400. The number of carbonyl (C=O) groups is 1. The lowest BCUT2D eigenvalue weighted by molar-refractivity contribution is -0.459. The average Bonchev–Trinajstić information content (AvgIpc) is 1.98. The van der Waals surface area contributed by atoms with Crippen molar-refractivity contribution in [3.05, 3.63) is 34.4 Å². The maximum absolute atomic E-state index is 10.5. The number of nitro groups is 1. The van der Waals surface area contributed by atoms with Crippen LogP contribution in [-0.2, 0) is 9.53 Å². The van der Waals surface area contributed by atoms with E-state index in [4.69, 9.17) is 0 Å². The highest BCUT2D eigenvalue weighted by Gasteiger charge is 2.14. The standard InChI is InChI=1S/C7H9NO4/c1-4-7(8(10)11)12-6(3)5(2)9/h4H,3H2,1-2H3/b7-4-. The molecule has 0 rings (SSSR count). The summed E-state index contributed by atoms with van der Waals surface area (Å²) in [6.45, 7) is 5.86. The van der Waals surface area contributed by atoms with Gasteiger partial charge in [0.2, 0.25) is 0 Å². The molecule has 0 bridgehead atoms. The van der Waals surface area contributed by atoms with E-state index in [9.17, 15) is 14.9 Å². The Kier molecular flexibility index (Phi) is 3.69. The SMILES string of the molecule is C=C(O/C(=C\C)[N+](=O)[O-])C(C)=O. The van der Waals surface area contributed by atoms with Gasteiger partial charge in [-0.15, -0.1) is 0 Å². The Balaban J connectivity index is 4.34. The highest BCUT2D eigenvalue weighted by molar-refractivity contribution is 5.90. The second-order valence-corrected chi connectivity index (χ2v) is 1.97. The number of hydrogen-bond donors (Lipinski definition) is 0. The van der Waals surface area contributed by atoms with Crippen molar-refractivity contribution in [1.29, 1.82) is 0 Å². The number of nitrogens with zero attached hydrogens (tertiary/aromatic N) is 1. The largest absolute Gasteiger partial charge is 0.429 e. The van der Waals surface area contributed by atoms with Crippen LogP contribution in [0.1, 0.15) is 13.8 Å². The van der Waals surface area contributed by atoms with Crippen molar-refractivity contribution in [2.45, 2.75) is 13.8 Å². The van der Waals surface area contributed by atoms with Crippen LogP contribution in [0.25, 0.3) is 0 Å². The molecule has 0 fully saturated rings. The lowest BCUT2D eigenvalue weighted by atomic mass is 10.4. The first kappa shape index (κ1) is 10.3. The molecule has 0 aromatic carbocycles. The predicted octanol–water partition coefficient (Wildman–Crippen LogP) is 1.24. The normalized spacial score (nSPS) is 10.7. The number of carbonyl (C=O) groups excluding carboxylic acids is 1. The molecule has 0 aliphatic rings. The van der Waals surface area contributed by atoms with Gasteiger partial charge in [-0.05, 0) is 6.92 Å². The van der Waals surface area contributed by atoms with Crippen LogP contribution in [0.5, 0.6) is 0 Å². The summed E-state index contributed by atoms with van der Waals surface area (Å²) in [5.74, 6) is -1.16. The Hall–Kier alpha value is -1.65. The number of ketones is 1. The van der Waals surface area contributed by atoms with Gasteiger partial charge in [0.1, 0.15) is 4.92 Å². The van der Waals surface area contributed by atoms with Crippen LogP contribution in [0.4, 0.5) is 0 Å². The summed E-state index contributed by atoms with van der Waals surface area (Å²) in [4.78, 5) is 20.0. The molecule has 0 spiro atoms. The first-order chi connectivity index (χ1) is 5.49. The molecule has 0 heterocycles. The number of rotatable bonds is 4. The van der Waals surface area contributed by atoms with Crippen LogP contribution in [0.3, 0.4) is 0 Å². The van der Waals surface area contributed by atoms with Crippen molar-refractivity contribution >= 4 is 5.78 Å². The zero-order valence-electron chi connectivity index (χ0n) is 6.86. The number of allylic oxidation sites excluding steroid dienone is 2. The number of hydrogen-bond acceptors (Lipinski definition) is 4. The van der Waals surface area contributed by atoms with E-state index < -0.39 is 16.6 Å². The van der Waals surface area contributed by atoms with Gasteiger partial charge in [-0.25, -0.2) is 0 Å². The van der Waals surface area contributed by atoms with E-state index in [0.717, 1.165) is 6.08 Å². The molecular formula is C7H9NO4. The molecule has 0 N–H and O–H groups in total. The van der Waals surface area contributed by atoms with Crippen molar-refractivity contribution in [3.63, 3.8) is 0 Å². The van der Waals surface area contributed by atoms with E-state index >= 15 is 0 Å². The molecule has 0 aliphatic heterocycles. The summed E-state index contributed by atoms with van der Waals surface area (Å²) in [5, 5.41) is 10.1. The Bertz CT molecular complexity index is 254. The Labute approximate surface area is 69.5 Å². The van der Waals surface area contributed by atoms with E-state index in [-0.39, 0.29) is 5.76 Å². The molecule has 12 heavy (non-hydrogen) atoms. The second kappa shape index (κ2) is 4.27. The Morgan fingerprint density at radius 2 is 2.17 bits per heavy atom. The number of ether oxygens (including phenoxy) is 1. The maximum Gasteiger partial charge on any atom is 0.429 e. The smallest absolute Gasteiger partial charge is 0.398 e. The maximum atomic E-state index is 10.5. The second-order valence-electron chi connectivity index (χ2n) is 1.97. The third-order valence-corrected chi connectivity index (χ3v) is 1.05. The third-order valence-electron chi connectivity index (χ3n) is 1.05. The van der Waals surface area contributed by atoms with Gasteiger partial charge < -0.3 is 4.74 Å². The molecule has 0 saturated heterocycles. The van der Waals surface area contributed by atoms with Crippen LogP contribution in [-0.4, -0.2) is 10.7 Å². The van der Waals surface area contributed by atoms with Gasteiger partial charge in [-0.1, -0.05) is 6.58 Å². The molecule has 0 unspecified atom stereocenters. The molecule has 5 heteroatoms. The van der Waals surface area contributed by atoms with Crippen LogP contribution in [0.2, 0.25) is 0 Å². The summed E-state index contributed by atoms with van der Waals surface area (Å²) in [6, 6.07) is 0. The molecule has 66 valence electrons. The molecule has 5 nitrogen and oxygen atoms in total. The van der Waals surface area contributed by atoms with Crippen LogP contribution in [0, 0.1) is 10.1 Å². The van der Waals surface area contributed by atoms with E-state index in [2.05, 4.69) is 11.3 Å². The Morgan fingerprint density at radius 3 is 2.42 bits per heavy atom. The topological polar surface area (TPSA) is 69.4 Å². The molecular weight excluding hydrogens is 162 g/mol. The summed E-state index contributed by atoms with van der Waals surface area (Å²) >= 11 is 0. The molecule has 0 aromatic heterocycles. The molecule has 0 atom stereocenters. The van der Waals surface area contributed by atoms with Crippen molar-refractivity contribution in [2.24, 2.45) is 0 Å². The zero-order chi connectivity index (χ0) is 9.72. The lowest BCUT2D eigenvalue weighted by Crippen LogP contribution is -2.06. The minimum atomic E-state index is -0.728. The molecule has 0 radical (unpaired) electrons. The van der Waals surface area contributed by atoms with E-state index in [1.54, 1.807) is 0 Å². The van der Waals surface area contributed by atoms with Gasteiger partial charge in [0, 0.05) is 13.0 Å². The summed E-state index contributed by atoms with van der Waals surface area (Å²) in [7, 11) is 0. The van der Waals surface area contributed by atoms with Crippen LogP contribution < -0.4 is 0 Å². The molecule has 0 aromatic rings. The van der Waals surface area contributed by atoms with Gasteiger partial charge in [0.15, 0.2) is 11.5 Å². The highest BCUT2D eigenvalue weighted by atomic mass is 16.7. The van der Waals surface area contributed by atoms with Crippen molar-refractivity contribution < 1.29 is 14.5 Å². The van der Waals surface area contributed by atoms with Crippen LogP contribution >= 0.6 is 0 Å². The predicted molar refractivity (Wildman–Crippen MR) is 41.7 cm³/mol. The monoisotopic (exact) mass is 171 g/mol. The van der Waals surface area contributed by atoms with Gasteiger partial charge in [0.25, 0.3) is 0 Å². The van der Waals surface area contributed by atoms with Crippen molar-refractivity contribution in [2.75, 3.05) is 0 Å². The summed E-state index contributed by atoms with van der Waals surface area (Å²) < 4.78 is 4.54. The molecule has 0 aliphatic carbocycles. The van der Waals surface area contributed by atoms with Crippen LogP contribution in [0.15, 0.2) is 24.3 Å². The first-order valence-corrected chi connectivity index (χ1v) is 3.17. The molecule has 0 saturated carbocycles. The van der Waals surface area contributed by atoms with E-state index in [0.29, 0.717) is 0 Å². The fraction of sp³-hybridized carbons (Fsp3) is 0.286. The third kappa shape index (κ3) is 2.96. The summed E-state index contributed by atoms with van der Waals surface area (Å²) in [6.07, 6.45) is 1.15. The van der Waals surface area contributed by atoms with E-state index in [1.165, 1.54) is 13.8 Å². The Morgan fingerprint density at radius 1 is 1.67 bits per heavy atom. The average molecular weight is 171 g/mol. The van der Waals surface area contributed by atoms with Gasteiger partial charge in [-0.3, -0.25) is 14.9 Å². The highest BCUT2D eigenvalue weighted by Crippen LogP contribution is 2.05. The lowest BCUT2D eigenvalue weighted by Gasteiger charge is -2.00. The minimum absolute atomic E-state index is 0.236. The molecule has 0 amide bonds. The van der Waals surface area contributed by atoms with E-state index in [1.807, 2.05) is 0 Å². The van der Waals surface area contributed by atoms with Crippen molar-refractivity contribution in [3.8, 4) is 0 Å². The van der Waals surface area contributed by atoms with Gasteiger partial charge in [-0.2, -0.15) is 0 Å². The minimum Gasteiger partial charge on any atom is -0.398 e. The zero-order valence-corrected chi connectivity index (χ0v) is 6.86. The van der Waals surface area contributed by atoms with Gasteiger partial charge >= 0.3 is 5.88 Å². The quantitative estimate of drug-likeness (QED) is 0.276. The summed E-state index contributed by atoms with van der Waals surface area (Å²) in [5.41, 5.74) is 0. The van der Waals surface area contributed by atoms with Gasteiger partial charge in [0.05, 0.1) is 0 Å². The van der Waals surface area contributed by atoms with Crippen molar-refractivity contribution in [1.82, 2.24) is 0 Å².